The van der Waals surface area contributed by atoms with Crippen LogP contribution in [0.2, 0.25) is 0 Å². The molecular weight excluding hydrogens is 330 g/mol. The van der Waals surface area contributed by atoms with Gasteiger partial charge in [-0.25, -0.2) is 9.48 Å². The number of anilines is 1. The lowest BCUT2D eigenvalue weighted by atomic mass is 10.2. The van der Waals surface area contributed by atoms with Gasteiger partial charge in [0.15, 0.2) is 0 Å². The minimum absolute atomic E-state index is 0.217. The number of nitrogens with one attached hydrogen (secondary N) is 2. The topological polar surface area (TPSA) is 71.4 Å². The molecule has 2 heterocycles. The van der Waals surface area contributed by atoms with Crippen LogP contribution in [0, 0.1) is 0 Å². The van der Waals surface area contributed by atoms with Gasteiger partial charge in [0.1, 0.15) is 0 Å². The summed E-state index contributed by atoms with van der Waals surface area (Å²) < 4.78 is 7.50. The monoisotopic (exact) mass is 357 g/mol. The van der Waals surface area contributed by atoms with Crippen molar-refractivity contribution >= 4 is 11.7 Å². The van der Waals surface area contributed by atoms with Crippen LogP contribution in [0.5, 0.6) is 0 Å². The molecule has 0 unspecified atom stereocenters. The van der Waals surface area contributed by atoms with E-state index in [4.69, 9.17) is 4.74 Å². The molecule has 26 heavy (non-hydrogen) atoms. The molecular formula is C19H27N5O2. The standard InChI is InChI=1S/C19H27N5O2/c1-14(23-12-15(2)26-16(3)13-23)11-20-19(25)22-17-7-4-5-8-18(17)24-10-6-9-21-24/h4-10,14-16H,11-13H2,1-3H3,(H2,20,22,25)/t14-,15-,16+/m1/s1. The van der Waals surface area contributed by atoms with Crippen LogP contribution in [0.1, 0.15) is 20.8 Å². The maximum absolute atomic E-state index is 12.4. The van der Waals surface area contributed by atoms with E-state index in [-0.39, 0.29) is 24.3 Å². The number of carbonyl (C=O) groups is 1. The predicted molar refractivity (Wildman–Crippen MR) is 102 cm³/mol. The van der Waals surface area contributed by atoms with Crippen LogP contribution in [0.4, 0.5) is 10.5 Å². The Hall–Kier alpha value is -2.38. The zero-order valence-corrected chi connectivity index (χ0v) is 15.6. The minimum atomic E-state index is -0.217. The molecule has 140 valence electrons. The fourth-order valence-corrected chi connectivity index (χ4v) is 3.30. The van der Waals surface area contributed by atoms with E-state index < -0.39 is 0 Å². The van der Waals surface area contributed by atoms with Crippen molar-refractivity contribution in [1.29, 1.82) is 0 Å². The molecule has 1 fully saturated rings. The Morgan fingerprint density at radius 1 is 1.27 bits per heavy atom. The number of para-hydroxylation sites is 2. The number of morpholine rings is 1. The van der Waals surface area contributed by atoms with E-state index in [0.29, 0.717) is 6.54 Å². The van der Waals surface area contributed by atoms with E-state index in [1.807, 2.05) is 36.5 Å². The van der Waals surface area contributed by atoms with E-state index in [1.54, 1.807) is 10.9 Å². The summed E-state index contributed by atoms with van der Waals surface area (Å²) in [4.78, 5) is 14.7. The number of urea groups is 1. The molecule has 0 radical (unpaired) electrons. The van der Waals surface area contributed by atoms with Gasteiger partial charge in [0.25, 0.3) is 0 Å². The number of aromatic nitrogens is 2. The fraction of sp³-hybridized carbons (Fsp3) is 0.474. The van der Waals surface area contributed by atoms with Crippen LogP contribution in [0.3, 0.4) is 0 Å². The molecule has 7 heteroatoms. The maximum Gasteiger partial charge on any atom is 0.319 e. The van der Waals surface area contributed by atoms with Gasteiger partial charge < -0.3 is 15.4 Å². The largest absolute Gasteiger partial charge is 0.373 e. The number of carbonyl (C=O) groups excluding carboxylic acids is 1. The van der Waals surface area contributed by atoms with Crippen LogP contribution in [0.15, 0.2) is 42.7 Å². The Bertz CT molecular complexity index is 708. The molecule has 0 bridgehead atoms. The van der Waals surface area contributed by atoms with Gasteiger partial charge in [-0.15, -0.1) is 0 Å². The van der Waals surface area contributed by atoms with Gasteiger partial charge >= 0.3 is 6.03 Å². The van der Waals surface area contributed by atoms with Crippen molar-refractivity contribution in [3.63, 3.8) is 0 Å². The molecule has 0 spiro atoms. The van der Waals surface area contributed by atoms with Crippen molar-refractivity contribution in [2.45, 2.75) is 39.0 Å². The molecule has 1 aromatic heterocycles. The van der Waals surface area contributed by atoms with E-state index in [1.165, 1.54) is 0 Å². The Morgan fingerprint density at radius 2 is 2.00 bits per heavy atom. The Labute approximate surface area is 154 Å². The maximum atomic E-state index is 12.4. The third-order valence-corrected chi connectivity index (χ3v) is 4.53. The van der Waals surface area contributed by atoms with Gasteiger partial charge in [0, 0.05) is 38.1 Å². The highest BCUT2D eigenvalue weighted by molar-refractivity contribution is 5.91. The van der Waals surface area contributed by atoms with Crippen molar-refractivity contribution in [1.82, 2.24) is 20.0 Å². The summed E-state index contributed by atoms with van der Waals surface area (Å²) in [5.41, 5.74) is 1.55. The molecule has 1 aliphatic heterocycles. The first-order valence-corrected chi connectivity index (χ1v) is 9.06. The molecule has 2 N–H and O–H groups in total. The highest BCUT2D eigenvalue weighted by Crippen LogP contribution is 2.19. The Balaban J connectivity index is 1.55. The van der Waals surface area contributed by atoms with Crippen molar-refractivity contribution in [2.24, 2.45) is 0 Å². The second kappa shape index (κ2) is 8.33. The summed E-state index contributed by atoms with van der Waals surface area (Å²) in [6, 6.07) is 9.47. The van der Waals surface area contributed by atoms with Gasteiger partial charge in [-0.3, -0.25) is 4.90 Å². The van der Waals surface area contributed by atoms with Crippen LogP contribution < -0.4 is 10.6 Å². The third-order valence-electron chi connectivity index (χ3n) is 4.53. The van der Waals surface area contributed by atoms with Crippen molar-refractivity contribution in [2.75, 3.05) is 25.0 Å². The molecule has 0 saturated carbocycles. The molecule has 3 atom stereocenters. The first-order valence-electron chi connectivity index (χ1n) is 9.06. The van der Waals surface area contributed by atoms with Crippen LogP contribution in [-0.2, 0) is 4.74 Å². The van der Waals surface area contributed by atoms with E-state index >= 15 is 0 Å². The van der Waals surface area contributed by atoms with E-state index in [2.05, 4.69) is 41.4 Å². The zero-order valence-electron chi connectivity index (χ0n) is 15.6. The van der Waals surface area contributed by atoms with E-state index in [0.717, 1.165) is 24.5 Å². The van der Waals surface area contributed by atoms with Crippen LogP contribution in [0.25, 0.3) is 5.69 Å². The Morgan fingerprint density at radius 3 is 2.69 bits per heavy atom. The molecule has 1 saturated heterocycles. The summed E-state index contributed by atoms with van der Waals surface area (Å²) in [6.45, 7) is 8.65. The SMILES string of the molecule is C[C@@H]1CN([C@H](C)CNC(=O)Nc2ccccc2-n2cccn2)C[C@H](C)O1. The zero-order chi connectivity index (χ0) is 18.5. The van der Waals surface area contributed by atoms with Gasteiger partial charge in [-0.05, 0) is 39.0 Å². The van der Waals surface area contributed by atoms with Gasteiger partial charge in [-0.1, -0.05) is 12.1 Å². The summed E-state index contributed by atoms with van der Waals surface area (Å²) in [6.07, 6.45) is 4.00. The molecule has 1 aromatic carbocycles. The summed E-state index contributed by atoms with van der Waals surface area (Å²) in [5, 5.41) is 10.1. The quantitative estimate of drug-likeness (QED) is 0.862. The molecule has 2 aromatic rings. The minimum Gasteiger partial charge on any atom is -0.373 e. The summed E-state index contributed by atoms with van der Waals surface area (Å²) >= 11 is 0. The smallest absolute Gasteiger partial charge is 0.319 e. The summed E-state index contributed by atoms with van der Waals surface area (Å²) in [5.74, 6) is 0. The number of nitrogens with zero attached hydrogens (tertiary/aromatic N) is 3. The second-order valence-electron chi connectivity index (χ2n) is 6.86. The lowest BCUT2D eigenvalue weighted by Gasteiger charge is -2.38. The lowest BCUT2D eigenvalue weighted by molar-refractivity contribution is -0.0777. The first-order chi connectivity index (χ1) is 12.5. The first kappa shape index (κ1) is 18.4. The number of ether oxygens (including phenoxy) is 1. The molecule has 7 nitrogen and oxygen atoms in total. The number of amides is 2. The van der Waals surface area contributed by atoms with Crippen molar-refractivity contribution < 1.29 is 9.53 Å². The second-order valence-corrected chi connectivity index (χ2v) is 6.86. The normalized spacial score (nSPS) is 22.0. The average molecular weight is 357 g/mol. The highest BCUT2D eigenvalue weighted by atomic mass is 16.5. The van der Waals surface area contributed by atoms with Crippen molar-refractivity contribution in [3.05, 3.63) is 42.7 Å². The van der Waals surface area contributed by atoms with Gasteiger partial charge in [0.05, 0.1) is 23.6 Å². The number of benzene rings is 1. The lowest BCUT2D eigenvalue weighted by Crippen LogP contribution is -2.52. The Kier molecular flexibility index (Phi) is 5.90. The molecule has 0 aliphatic carbocycles. The number of rotatable bonds is 5. The van der Waals surface area contributed by atoms with Crippen LogP contribution in [-0.4, -0.2) is 58.6 Å². The molecule has 3 rings (SSSR count). The molecule has 1 aliphatic rings. The third kappa shape index (κ3) is 4.62. The van der Waals surface area contributed by atoms with Gasteiger partial charge in [0.2, 0.25) is 0 Å². The highest BCUT2D eigenvalue weighted by Gasteiger charge is 2.25. The number of hydrogen-bond acceptors (Lipinski definition) is 4. The van der Waals surface area contributed by atoms with E-state index in [9.17, 15) is 4.79 Å². The van der Waals surface area contributed by atoms with Crippen molar-refractivity contribution in [3.8, 4) is 5.69 Å². The summed E-state index contributed by atoms with van der Waals surface area (Å²) in [7, 11) is 0. The number of hydrogen-bond donors (Lipinski definition) is 2. The van der Waals surface area contributed by atoms with Gasteiger partial charge in [-0.2, -0.15) is 5.10 Å². The fourth-order valence-electron chi connectivity index (χ4n) is 3.30. The predicted octanol–water partition coefficient (Wildman–Crippen LogP) is 2.49. The van der Waals surface area contributed by atoms with Crippen LogP contribution >= 0.6 is 0 Å². The average Bonchev–Trinajstić information content (AvgIpc) is 3.13. The molecule has 2 amide bonds.